The standard InChI is InChI=1S/C18H17ClO3/c1-14(21-18(20)13-19)10-11-15-6-5-9-17(12-15)22-16-7-3-2-4-8-16/h2-12,14H,13H2,1H3. The SMILES string of the molecule is CC(C=Cc1cccc(Oc2ccccc2)c1)OC(=O)CCl. The number of rotatable bonds is 6. The van der Waals surface area contributed by atoms with Gasteiger partial charge in [0.05, 0.1) is 0 Å². The molecule has 0 heterocycles. The Kier molecular flexibility index (Phi) is 6.04. The molecule has 0 aliphatic heterocycles. The van der Waals surface area contributed by atoms with Gasteiger partial charge in [-0.25, -0.2) is 0 Å². The molecule has 1 atom stereocenters. The van der Waals surface area contributed by atoms with Gasteiger partial charge in [0.25, 0.3) is 0 Å². The molecule has 0 saturated carbocycles. The summed E-state index contributed by atoms with van der Waals surface area (Å²) >= 11 is 5.40. The lowest BCUT2D eigenvalue weighted by Gasteiger charge is -2.08. The predicted molar refractivity (Wildman–Crippen MR) is 88.3 cm³/mol. The van der Waals surface area contributed by atoms with E-state index in [1.165, 1.54) is 0 Å². The molecule has 4 heteroatoms. The van der Waals surface area contributed by atoms with Crippen LogP contribution in [0.5, 0.6) is 11.5 Å². The molecule has 0 bridgehead atoms. The Labute approximate surface area is 135 Å². The maximum atomic E-state index is 11.1. The van der Waals surface area contributed by atoms with E-state index in [2.05, 4.69) is 0 Å². The van der Waals surface area contributed by atoms with Gasteiger partial charge in [0, 0.05) is 0 Å². The van der Waals surface area contributed by atoms with E-state index >= 15 is 0 Å². The summed E-state index contributed by atoms with van der Waals surface area (Å²) in [7, 11) is 0. The van der Waals surface area contributed by atoms with E-state index in [1.807, 2.05) is 60.7 Å². The number of carbonyl (C=O) groups is 1. The van der Waals surface area contributed by atoms with Crippen molar-refractivity contribution in [3.8, 4) is 11.5 Å². The predicted octanol–water partition coefficient (Wildman–Crippen LogP) is 4.66. The number of alkyl halides is 1. The van der Waals surface area contributed by atoms with Crippen molar-refractivity contribution in [2.24, 2.45) is 0 Å². The van der Waals surface area contributed by atoms with Gasteiger partial charge in [-0.3, -0.25) is 4.79 Å². The molecule has 22 heavy (non-hydrogen) atoms. The molecule has 0 radical (unpaired) electrons. The lowest BCUT2D eigenvalue weighted by Crippen LogP contribution is -2.13. The van der Waals surface area contributed by atoms with Crippen LogP contribution >= 0.6 is 11.6 Å². The number of ether oxygens (including phenoxy) is 2. The van der Waals surface area contributed by atoms with E-state index < -0.39 is 5.97 Å². The third-order valence-corrected chi connectivity index (χ3v) is 3.04. The number of hydrogen-bond acceptors (Lipinski definition) is 3. The largest absolute Gasteiger partial charge is 0.458 e. The highest BCUT2D eigenvalue weighted by Gasteiger charge is 2.04. The highest BCUT2D eigenvalue weighted by molar-refractivity contribution is 6.26. The first-order chi connectivity index (χ1) is 10.7. The molecular formula is C18H17ClO3. The minimum Gasteiger partial charge on any atom is -0.458 e. The average Bonchev–Trinajstić information content (AvgIpc) is 2.54. The van der Waals surface area contributed by atoms with Gasteiger partial charge in [-0.05, 0) is 42.8 Å². The second-order valence-corrected chi connectivity index (χ2v) is 4.94. The number of halogens is 1. The summed E-state index contributed by atoms with van der Waals surface area (Å²) in [6, 6.07) is 17.2. The van der Waals surface area contributed by atoms with Crippen LogP contribution in [-0.4, -0.2) is 18.0 Å². The molecule has 0 fully saturated rings. The lowest BCUT2D eigenvalue weighted by molar-refractivity contribution is -0.142. The number of esters is 1. The first-order valence-electron chi connectivity index (χ1n) is 6.94. The van der Waals surface area contributed by atoms with Gasteiger partial charge < -0.3 is 9.47 Å². The number of benzene rings is 2. The second kappa shape index (κ2) is 8.25. The van der Waals surface area contributed by atoms with Crippen molar-refractivity contribution in [1.82, 2.24) is 0 Å². The molecule has 2 aromatic carbocycles. The first-order valence-corrected chi connectivity index (χ1v) is 7.47. The van der Waals surface area contributed by atoms with E-state index in [9.17, 15) is 4.79 Å². The zero-order chi connectivity index (χ0) is 15.8. The van der Waals surface area contributed by atoms with Crippen LogP contribution in [-0.2, 0) is 9.53 Å². The minimum absolute atomic E-state index is 0.140. The minimum atomic E-state index is -0.431. The van der Waals surface area contributed by atoms with Gasteiger partial charge in [-0.2, -0.15) is 0 Å². The molecule has 0 saturated heterocycles. The molecule has 114 valence electrons. The Morgan fingerprint density at radius 1 is 1.14 bits per heavy atom. The molecule has 0 amide bonds. The smallest absolute Gasteiger partial charge is 0.321 e. The van der Waals surface area contributed by atoms with E-state index in [1.54, 1.807) is 13.0 Å². The van der Waals surface area contributed by atoms with Crippen molar-refractivity contribution in [3.05, 3.63) is 66.2 Å². The van der Waals surface area contributed by atoms with Crippen molar-refractivity contribution in [1.29, 1.82) is 0 Å². The van der Waals surface area contributed by atoms with E-state index in [-0.39, 0.29) is 12.0 Å². The first kappa shape index (κ1) is 16.1. The molecular weight excluding hydrogens is 300 g/mol. The van der Waals surface area contributed by atoms with Gasteiger partial charge in [0.15, 0.2) is 0 Å². The molecule has 0 N–H and O–H groups in total. The van der Waals surface area contributed by atoms with Crippen molar-refractivity contribution >= 4 is 23.6 Å². The summed E-state index contributed by atoms with van der Waals surface area (Å²) in [5.41, 5.74) is 0.960. The summed E-state index contributed by atoms with van der Waals surface area (Å²) in [6.45, 7) is 1.78. The van der Waals surface area contributed by atoms with Gasteiger partial charge in [0.2, 0.25) is 0 Å². The Morgan fingerprint density at radius 3 is 2.59 bits per heavy atom. The van der Waals surface area contributed by atoms with E-state index in [0.29, 0.717) is 0 Å². The van der Waals surface area contributed by atoms with Crippen LogP contribution < -0.4 is 4.74 Å². The maximum Gasteiger partial charge on any atom is 0.321 e. The maximum absolute atomic E-state index is 11.1. The number of para-hydroxylation sites is 1. The fourth-order valence-electron chi connectivity index (χ4n) is 1.83. The molecule has 0 aromatic heterocycles. The van der Waals surface area contributed by atoms with Gasteiger partial charge in [-0.15, -0.1) is 11.6 Å². The van der Waals surface area contributed by atoms with E-state index in [0.717, 1.165) is 17.1 Å². The van der Waals surface area contributed by atoms with Crippen molar-refractivity contribution < 1.29 is 14.3 Å². The quantitative estimate of drug-likeness (QED) is 0.574. The van der Waals surface area contributed by atoms with Crippen LogP contribution in [0.4, 0.5) is 0 Å². The Hall–Kier alpha value is -2.26. The molecule has 0 spiro atoms. The molecule has 0 aliphatic rings. The van der Waals surface area contributed by atoms with Gasteiger partial charge >= 0.3 is 5.97 Å². The van der Waals surface area contributed by atoms with Crippen LogP contribution in [0.25, 0.3) is 6.08 Å². The molecule has 3 nitrogen and oxygen atoms in total. The average molecular weight is 317 g/mol. The Bertz CT molecular complexity index is 638. The van der Waals surface area contributed by atoms with Gasteiger partial charge in [0.1, 0.15) is 23.5 Å². The molecule has 0 aliphatic carbocycles. The number of hydrogen-bond donors (Lipinski definition) is 0. The normalized spacial score (nSPS) is 12.1. The van der Waals surface area contributed by atoms with Crippen molar-refractivity contribution in [2.75, 3.05) is 5.88 Å². The van der Waals surface area contributed by atoms with Gasteiger partial charge in [-0.1, -0.05) is 36.4 Å². The zero-order valence-electron chi connectivity index (χ0n) is 12.2. The summed E-state index contributed by atoms with van der Waals surface area (Å²) < 4.78 is 10.8. The van der Waals surface area contributed by atoms with Crippen molar-refractivity contribution in [3.63, 3.8) is 0 Å². The molecule has 1 unspecified atom stereocenters. The third-order valence-electron chi connectivity index (χ3n) is 2.82. The van der Waals surface area contributed by atoms with Crippen LogP contribution in [0, 0.1) is 0 Å². The lowest BCUT2D eigenvalue weighted by atomic mass is 10.2. The molecule has 2 aromatic rings. The number of carbonyl (C=O) groups excluding carboxylic acids is 1. The van der Waals surface area contributed by atoms with Crippen molar-refractivity contribution in [2.45, 2.75) is 13.0 Å². The highest BCUT2D eigenvalue weighted by atomic mass is 35.5. The van der Waals surface area contributed by atoms with E-state index in [4.69, 9.17) is 21.1 Å². The Morgan fingerprint density at radius 2 is 1.86 bits per heavy atom. The summed E-state index contributed by atoms with van der Waals surface area (Å²) in [6.07, 6.45) is 3.35. The summed E-state index contributed by atoms with van der Waals surface area (Å²) in [5.74, 6) is 0.963. The fourth-order valence-corrected chi connectivity index (χ4v) is 1.89. The topological polar surface area (TPSA) is 35.5 Å². The van der Waals surface area contributed by atoms with Crippen LogP contribution in [0.2, 0.25) is 0 Å². The monoisotopic (exact) mass is 316 g/mol. The fraction of sp³-hybridized carbons (Fsp3) is 0.167. The molecule has 2 rings (SSSR count). The highest BCUT2D eigenvalue weighted by Crippen LogP contribution is 2.22. The third kappa shape index (κ3) is 5.26. The summed E-state index contributed by atoms with van der Waals surface area (Å²) in [5, 5.41) is 0. The zero-order valence-corrected chi connectivity index (χ0v) is 13.0. The van der Waals surface area contributed by atoms with Crippen LogP contribution in [0.15, 0.2) is 60.7 Å². The Balaban J connectivity index is 2.00. The van der Waals surface area contributed by atoms with Crippen LogP contribution in [0.1, 0.15) is 12.5 Å². The van der Waals surface area contributed by atoms with Crippen LogP contribution in [0.3, 0.4) is 0 Å². The summed E-state index contributed by atoms with van der Waals surface area (Å²) in [4.78, 5) is 11.1. The second-order valence-electron chi connectivity index (χ2n) is 4.68.